The van der Waals surface area contributed by atoms with E-state index in [0.717, 1.165) is 11.7 Å². The van der Waals surface area contributed by atoms with Crippen LogP contribution < -0.4 is 10.1 Å². The number of amides is 1. The van der Waals surface area contributed by atoms with E-state index >= 15 is 0 Å². The van der Waals surface area contributed by atoms with Gasteiger partial charge in [0.25, 0.3) is 5.91 Å². The number of fused-ring (bicyclic) bond motifs is 1. The maximum atomic E-state index is 13.9. The van der Waals surface area contributed by atoms with E-state index in [0.29, 0.717) is 11.1 Å². The fourth-order valence-corrected chi connectivity index (χ4v) is 4.58. The maximum absolute atomic E-state index is 13.9. The maximum Gasteiger partial charge on any atom is 0.253 e. The molecule has 9 heteroatoms. The van der Waals surface area contributed by atoms with Crippen molar-refractivity contribution in [2.75, 3.05) is 7.11 Å². The summed E-state index contributed by atoms with van der Waals surface area (Å²) in [7, 11) is -2.76. The molecule has 4 rings (SSSR count). The molecule has 2 aromatic heterocycles. The zero-order valence-electron chi connectivity index (χ0n) is 16.4. The summed E-state index contributed by atoms with van der Waals surface area (Å²) in [5.74, 6) is -1.35. The molecule has 7 nitrogen and oxygen atoms in total. The number of halogens is 1. The monoisotopic (exact) mass is 439 g/mol. The fourth-order valence-electron chi connectivity index (χ4n) is 3.15. The molecule has 0 unspecified atom stereocenters. The van der Waals surface area contributed by atoms with E-state index in [1.165, 1.54) is 31.4 Å². The van der Waals surface area contributed by atoms with Crippen molar-refractivity contribution in [3.63, 3.8) is 0 Å². The Labute approximate surface area is 178 Å². The number of para-hydroxylation sites is 1. The summed E-state index contributed by atoms with van der Waals surface area (Å²) < 4.78 is 46.4. The number of aromatic nitrogens is 2. The lowest BCUT2D eigenvalue weighted by molar-refractivity contribution is 0.0950. The minimum Gasteiger partial charge on any atom is -0.492 e. The lowest BCUT2D eigenvalue weighted by Gasteiger charge is -2.11. The number of hydrogen-bond acceptors (Lipinski definition) is 5. The number of imidazole rings is 1. The van der Waals surface area contributed by atoms with Crippen LogP contribution in [0.25, 0.3) is 5.65 Å². The quantitative estimate of drug-likeness (QED) is 0.498. The molecule has 0 spiro atoms. The van der Waals surface area contributed by atoms with E-state index in [4.69, 9.17) is 4.74 Å². The van der Waals surface area contributed by atoms with Crippen molar-refractivity contribution in [3.8, 4) is 5.75 Å². The number of benzene rings is 2. The number of sulfone groups is 1. The Morgan fingerprint density at radius 2 is 1.90 bits per heavy atom. The highest BCUT2D eigenvalue weighted by Gasteiger charge is 2.24. The summed E-state index contributed by atoms with van der Waals surface area (Å²) in [6, 6.07) is 13.2. The normalized spacial score (nSPS) is 11.4. The van der Waals surface area contributed by atoms with Gasteiger partial charge in [-0.15, -0.1) is 0 Å². The van der Waals surface area contributed by atoms with Crippen LogP contribution in [-0.4, -0.2) is 30.8 Å². The van der Waals surface area contributed by atoms with Crippen molar-refractivity contribution in [3.05, 3.63) is 90.1 Å². The summed E-state index contributed by atoms with van der Waals surface area (Å²) in [5, 5.41) is 2.80. The number of nitrogens with one attached hydrogen (secondary N) is 1. The predicted molar refractivity (Wildman–Crippen MR) is 111 cm³/mol. The van der Waals surface area contributed by atoms with Crippen LogP contribution in [0.4, 0.5) is 4.39 Å². The van der Waals surface area contributed by atoms with Crippen LogP contribution in [0.2, 0.25) is 0 Å². The Morgan fingerprint density at radius 1 is 1.13 bits per heavy atom. The van der Waals surface area contributed by atoms with Gasteiger partial charge in [-0.25, -0.2) is 17.8 Å². The van der Waals surface area contributed by atoms with Crippen LogP contribution >= 0.6 is 0 Å². The molecule has 2 aromatic carbocycles. The first-order chi connectivity index (χ1) is 14.9. The summed E-state index contributed by atoms with van der Waals surface area (Å²) in [6.07, 6.45) is 5.07. The molecular weight excluding hydrogens is 421 g/mol. The second kappa shape index (κ2) is 8.19. The van der Waals surface area contributed by atoms with Gasteiger partial charge >= 0.3 is 0 Å². The van der Waals surface area contributed by atoms with Gasteiger partial charge in [0.2, 0.25) is 9.84 Å². The van der Waals surface area contributed by atoms with Crippen LogP contribution in [-0.2, 0) is 16.4 Å². The fraction of sp³-hybridized carbons (Fsp3) is 0.0909. The summed E-state index contributed by atoms with van der Waals surface area (Å²) >= 11 is 0. The highest BCUT2D eigenvalue weighted by Crippen LogP contribution is 2.31. The molecule has 158 valence electrons. The minimum absolute atomic E-state index is 0.00274. The molecule has 0 atom stereocenters. The summed E-state index contributed by atoms with van der Waals surface area (Å²) in [5.41, 5.74) is 1.92. The van der Waals surface area contributed by atoms with Gasteiger partial charge in [0.15, 0.2) is 11.6 Å². The predicted octanol–water partition coefficient (Wildman–Crippen LogP) is 3.24. The lowest BCUT2D eigenvalue weighted by Crippen LogP contribution is -2.23. The van der Waals surface area contributed by atoms with Gasteiger partial charge in [-0.2, -0.15) is 0 Å². The smallest absolute Gasteiger partial charge is 0.253 e. The van der Waals surface area contributed by atoms with Gasteiger partial charge < -0.3 is 14.5 Å². The number of ether oxygens (including phenoxy) is 1. The number of hydrogen-bond donors (Lipinski definition) is 1. The van der Waals surface area contributed by atoms with Gasteiger partial charge in [-0.3, -0.25) is 4.79 Å². The van der Waals surface area contributed by atoms with Gasteiger partial charge in [0.1, 0.15) is 10.5 Å². The molecular formula is C22H18FN3O4S. The van der Waals surface area contributed by atoms with Crippen molar-refractivity contribution < 1.29 is 22.3 Å². The molecule has 0 radical (unpaired) electrons. The number of methoxy groups -OCH3 is 1. The highest BCUT2D eigenvalue weighted by molar-refractivity contribution is 7.91. The standard InChI is InChI=1S/C22H18FN3O4S/c1-30-21-18(23)3-2-4-19(21)31(28,29)17-8-5-15(6-9-17)13-25-22(27)16-7-10-20-24-11-12-26(20)14-16/h2-12,14H,13H2,1H3,(H,25,27). The van der Waals surface area contributed by atoms with Crippen molar-refractivity contribution in [1.82, 2.24) is 14.7 Å². The van der Waals surface area contributed by atoms with Crippen LogP contribution in [0.15, 0.2) is 83.0 Å². The zero-order chi connectivity index (χ0) is 22.0. The van der Waals surface area contributed by atoms with Gasteiger partial charge in [-0.05, 0) is 42.0 Å². The number of carbonyl (C=O) groups is 1. The molecule has 0 aliphatic carbocycles. The Kier molecular flexibility index (Phi) is 5.43. The minimum atomic E-state index is -3.97. The van der Waals surface area contributed by atoms with E-state index < -0.39 is 15.7 Å². The highest BCUT2D eigenvalue weighted by atomic mass is 32.2. The topological polar surface area (TPSA) is 89.8 Å². The largest absolute Gasteiger partial charge is 0.492 e. The van der Waals surface area contributed by atoms with Crippen LogP contribution in [0.5, 0.6) is 5.75 Å². The number of pyridine rings is 1. The Balaban J connectivity index is 1.49. The molecule has 0 bridgehead atoms. The molecule has 0 aliphatic rings. The Bertz CT molecular complexity index is 1370. The van der Waals surface area contributed by atoms with E-state index in [-0.39, 0.29) is 28.0 Å². The lowest BCUT2D eigenvalue weighted by atomic mass is 10.2. The average Bonchev–Trinajstić information content (AvgIpc) is 3.25. The van der Waals surface area contributed by atoms with Gasteiger partial charge in [0.05, 0.1) is 17.6 Å². The third kappa shape index (κ3) is 3.99. The molecule has 1 N–H and O–H groups in total. The first kappa shape index (κ1) is 20.5. The Morgan fingerprint density at radius 3 is 2.65 bits per heavy atom. The molecule has 31 heavy (non-hydrogen) atoms. The summed E-state index contributed by atoms with van der Waals surface area (Å²) in [4.78, 5) is 16.3. The average molecular weight is 439 g/mol. The van der Waals surface area contributed by atoms with Crippen molar-refractivity contribution in [2.45, 2.75) is 16.3 Å². The molecule has 0 saturated heterocycles. The SMILES string of the molecule is COc1c(F)cccc1S(=O)(=O)c1ccc(CNC(=O)c2ccc3nccn3c2)cc1. The van der Waals surface area contributed by atoms with E-state index in [1.54, 1.807) is 47.3 Å². The first-order valence-corrected chi connectivity index (χ1v) is 10.8. The molecule has 4 aromatic rings. The molecule has 0 fully saturated rings. The van der Waals surface area contributed by atoms with Crippen LogP contribution in [0.3, 0.4) is 0 Å². The van der Waals surface area contributed by atoms with E-state index in [9.17, 15) is 17.6 Å². The van der Waals surface area contributed by atoms with Crippen molar-refractivity contribution in [1.29, 1.82) is 0 Å². The van der Waals surface area contributed by atoms with Crippen LogP contribution in [0.1, 0.15) is 15.9 Å². The van der Waals surface area contributed by atoms with E-state index in [1.807, 2.05) is 0 Å². The van der Waals surface area contributed by atoms with Gasteiger partial charge in [-0.1, -0.05) is 18.2 Å². The van der Waals surface area contributed by atoms with Crippen molar-refractivity contribution >= 4 is 21.4 Å². The van der Waals surface area contributed by atoms with Crippen molar-refractivity contribution in [2.24, 2.45) is 0 Å². The van der Waals surface area contributed by atoms with Crippen LogP contribution in [0, 0.1) is 5.82 Å². The molecule has 1 amide bonds. The number of nitrogens with zero attached hydrogens (tertiary/aromatic N) is 2. The van der Waals surface area contributed by atoms with E-state index in [2.05, 4.69) is 10.3 Å². The Hall–Kier alpha value is -3.72. The van der Waals surface area contributed by atoms with Gasteiger partial charge in [0, 0.05) is 25.1 Å². The third-order valence-electron chi connectivity index (χ3n) is 4.76. The third-order valence-corrected chi connectivity index (χ3v) is 6.56. The zero-order valence-corrected chi connectivity index (χ0v) is 17.3. The second-order valence-corrected chi connectivity index (χ2v) is 8.63. The first-order valence-electron chi connectivity index (χ1n) is 9.27. The summed E-state index contributed by atoms with van der Waals surface area (Å²) in [6.45, 7) is 0.213. The second-order valence-electron chi connectivity index (χ2n) is 6.71. The molecule has 0 aliphatic heterocycles. The molecule has 2 heterocycles. The number of carbonyl (C=O) groups excluding carboxylic acids is 1. The molecule has 0 saturated carbocycles. The number of rotatable bonds is 6.